The molecule has 49 heavy (non-hydrogen) atoms. The Labute approximate surface area is 298 Å². The van der Waals surface area contributed by atoms with Gasteiger partial charge in [0.2, 0.25) is 5.91 Å². The number of imide groups is 1. The average molecular weight is 708 g/mol. The first-order chi connectivity index (χ1) is 22.6. The molecule has 3 rings (SSSR count). The fourth-order valence-electron chi connectivity index (χ4n) is 5.45. The van der Waals surface area contributed by atoms with Gasteiger partial charge in [-0.2, -0.15) is 0 Å². The third-order valence-corrected chi connectivity index (χ3v) is 19.2. The smallest absolute Gasteiger partial charge is 0.417 e. The lowest BCUT2D eigenvalue weighted by Crippen LogP contribution is -2.46. The highest BCUT2D eigenvalue weighted by molar-refractivity contribution is 6.75. The van der Waals surface area contributed by atoms with E-state index >= 15 is 4.79 Å². The second kappa shape index (κ2) is 15.7. The average Bonchev–Trinajstić information content (AvgIpc) is 3.35. The summed E-state index contributed by atoms with van der Waals surface area (Å²) in [5.41, 5.74) is 2.54. The van der Waals surface area contributed by atoms with Crippen LogP contribution in [-0.2, 0) is 16.0 Å². The van der Waals surface area contributed by atoms with Crippen LogP contribution in [0.3, 0.4) is 0 Å². The Morgan fingerprint density at radius 1 is 0.980 bits per heavy atom. The number of hydrogen-bond donors (Lipinski definition) is 0. The number of nitrogens with zero attached hydrogens (tertiary/aromatic N) is 1. The van der Waals surface area contributed by atoms with E-state index in [9.17, 15) is 4.79 Å². The Balaban J connectivity index is 2.33. The molecule has 0 spiro atoms. The van der Waals surface area contributed by atoms with Crippen LogP contribution < -0.4 is 13.6 Å². The topological polar surface area (TPSA) is 74.3 Å². The Morgan fingerprint density at radius 2 is 1.57 bits per heavy atom. The molecule has 0 saturated carbocycles. The van der Waals surface area contributed by atoms with Crippen LogP contribution in [0.2, 0.25) is 36.3 Å². The largest absolute Gasteiger partial charge is 0.543 e. The number of hydrogen-bond acceptors (Lipinski definition) is 6. The summed E-state index contributed by atoms with van der Waals surface area (Å²) in [6.07, 6.45) is 8.42. The number of methoxy groups -OCH3 is 1. The molecule has 1 fully saturated rings. The first kappa shape index (κ1) is 40.1. The lowest BCUT2D eigenvalue weighted by atomic mass is 9.86. The quantitative estimate of drug-likeness (QED) is 0.152. The van der Waals surface area contributed by atoms with Crippen molar-refractivity contribution in [1.29, 1.82) is 0 Å². The van der Waals surface area contributed by atoms with Gasteiger partial charge in [-0.25, -0.2) is 9.69 Å². The molecule has 2 aromatic carbocycles. The predicted octanol–water partition coefficient (Wildman–Crippen LogP) is 10.6. The molecule has 0 bridgehead atoms. The molecule has 270 valence electrons. The Hall–Kier alpha value is -3.31. The second-order valence-electron chi connectivity index (χ2n) is 16.5. The second-order valence-corrected chi connectivity index (χ2v) is 25.9. The molecule has 1 aliphatic rings. The standard InChI is InChI=1S/C40H61NO6Si2/c1-15-16-18-21-28(2)24-33(37(42)41-31(27-45-38(41)43)25-30-22-19-17-20-23-30)32-26-34(46-48(11,12)39(4,5)6)36(44-10)29(3)35(32)47-49(13,14)40(7,8)9/h15-23,26,28,31,33H,24-25,27H2,1-14H3/b16-15-,21-18+/t28-,31-,33-/m1/s1. The molecule has 9 heteroatoms. The van der Waals surface area contributed by atoms with Gasteiger partial charge < -0.3 is 18.3 Å². The van der Waals surface area contributed by atoms with Gasteiger partial charge in [0, 0.05) is 11.1 Å². The van der Waals surface area contributed by atoms with Gasteiger partial charge in [0.25, 0.3) is 16.6 Å². The molecule has 7 nitrogen and oxygen atoms in total. The van der Waals surface area contributed by atoms with E-state index in [0.29, 0.717) is 35.7 Å². The van der Waals surface area contributed by atoms with Crippen LogP contribution in [-0.4, -0.2) is 53.3 Å². The molecule has 2 aromatic rings. The SMILES string of the molecule is C/C=C\C=C\[C@@H](C)C[C@@H](C(=O)N1C(=O)OC[C@H]1Cc1ccccc1)c1cc(O[Si](C)(C)C(C)(C)C)c(OC)c(C)c1O[Si](C)(C)C(C)(C)C. The van der Waals surface area contributed by atoms with E-state index in [4.69, 9.17) is 18.3 Å². The summed E-state index contributed by atoms with van der Waals surface area (Å²) < 4.78 is 25.7. The van der Waals surface area contributed by atoms with E-state index in [1.54, 1.807) is 7.11 Å². The summed E-state index contributed by atoms with van der Waals surface area (Å²) in [4.78, 5) is 29.8. The van der Waals surface area contributed by atoms with Crippen LogP contribution in [0, 0.1) is 12.8 Å². The van der Waals surface area contributed by atoms with Gasteiger partial charge >= 0.3 is 6.09 Å². The van der Waals surface area contributed by atoms with Crippen LogP contribution in [0.5, 0.6) is 17.2 Å². The number of carbonyl (C=O) groups is 2. The minimum Gasteiger partial charge on any atom is -0.543 e. The summed E-state index contributed by atoms with van der Waals surface area (Å²) in [5.74, 6) is 0.837. The maximum Gasteiger partial charge on any atom is 0.417 e. The van der Waals surface area contributed by atoms with Crippen molar-refractivity contribution in [3.63, 3.8) is 0 Å². The van der Waals surface area contributed by atoms with Crippen molar-refractivity contribution >= 4 is 28.6 Å². The molecule has 3 atom stereocenters. The van der Waals surface area contributed by atoms with Crippen molar-refractivity contribution in [1.82, 2.24) is 4.90 Å². The Bertz CT molecular complexity index is 1520. The molecule has 1 heterocycles. The minimum atomic E-state index is -2.42. The normalized spacial score (nSPS) is 17.4. The summed E-state index contributed by atoms with van der Waals surface area (Å²) in [6, 6.07) is 11.5. The van der Waals surface area contributed by atoms with E-state index in [1.165, 1.54) is 4.90 Å². The minimum absolute atomic E-state index is 0.00392. The number of ether oxygens (including phenoxy) is 2. The number of cyclic esters (lactones) is 1. The summed E-state index contributed by atoms with van der Waals surface area (Å²) >= 11 is 0. The van der Waals surface area contributed by atoms with Crippen molar-refractivity contribution in [2.24, 2.45) is 5.92 Å². The van der Waals surface area contributed by atoms with Gasteiger partial charge in [-0.15, -0.1) is 0 Å². The van der Waals surface area contributed by atoms with Crippen LogP contribution in [0.25, 0.3) is 0 Å². The lowest BCUT2D eigenvalue weighted by molar-refractivity contribution is -0.131. The third-order valence-electron chi connectivity index (χ3n) is 10.5. The first-order valence-corrected chi connectivity index (χ1v) is 23.4. The van der Waals surface area contributed by atoms with Crippen molar-refractivity contribution in [3.8, 4) is 17.2 Å². The van der Waals surface area contributed by atoms with Crippen LogP contribution in [0.15, 0.2) is 60.7 Å². The van der Waals surface area contributed by atoms with E-state index in [-0.39, 0.29) is 28.5 Å². The Morgan fingerprint density at radius 3 is 2.12 bits per heavy atom. The highest BCUT2D eigenvalue weighted by atomic mass is 28.4. The molecule has 2 amide bonds. The summed E-state index contributed by atoms with van der Waals surface area (Å²) in [6.45, 7) is 28.2. The van der Waals surface area contributed by atoms with E-state index in [2.05, 4.69) is 80.7 Å². The first-order valence-electron chi connectivity index (χ1n) is 17.6. The number of allylic oxidation sites excluding steroid dienone is 4. The third kappa shape index (κ3) is 9.48. The van der Waals surface area contributed by atoms with Gasteiger partial charge in [0.05, 0.1) is 19.1 Å². The fraction of sp³-hybridized carbons (Fsp3) is 0.550. The summed E-state index contributed by atoms with van der Waals surface area (Å²) in [5, 5.41) is -0.185. The zero-order chi connectivity index (χ0) is 36.9. The molecule has 0 aliphatic carbocycles. The van der Waals surface area contributed by atoms with Gasteiger partial charge in [-0.1, -0.05) is 103 Å². The fourth-order valence-corrected chi connectivity index (χ4v) is 7.54. The molecule has 1 saturated heterocycles. The predicted molar refractivity (Wildman–Crippen MR) is 206 cm³/mol. The zero-order valence-corrected chi connectivity index (χ0v) is 34.5. The van der Waals surface area contributed by atoms with Gasteiger partial charge in [-0.05, 0) is 80.5 Å². The van der Waals surface area contributed by atoms with E-state index in [0.717, 1.165) is 11.1 Å². The van der Waals surface area contributed by atoms with Crippen molar-refractivity contribution < 1.29 is 27.9 Å². The molecular formula is C40H61NO6Si2. The molecule has 0 N–H and O–H groups in total. The van der Waals surface area contributed by atoms with E-state index in [1.807, 2.05) is 68.5 Å². The van der Waals surface area contributed by atoms with Gasteiger partial charge in [-0.3, -0.25) is 4.79 Å². The van der Waals surface area contributed by atoms with Crippen LogP contribution in [0.4, 0.5) is 4.79 Å². The molecule has 0 aromatic heterocycles. The number of benzene rings is 2. The van der Waals surface area contributed by atoms with Crippen molar-refractivity contribution in [2.75, 3.05) is 13.7 Å². The maximum atomic E-state index is 15.0. The molecule has 0 radical (unpaired) electrons. The van der Waals surface area contributed by atoms with Crippen molar-refractivity contribution in [3.05, 3.63) is 77.4 Å². The van der Waals surface area contributed by atoms with Crippen LogP contribution in [0.1, 0.15) is 84.4 Å². The zero-order valence-electron chi connectivity index (χ0n) is 32.5. The highest BCUT2D eigenvalue weighted by Gasteiger charge is 2.46. The maximum absolute atomic E-state index is 15.0. The molecule has 1 aliphatic heterocycles. The summed E-state index contributed by atoms with van der Waals surface area (Å²) in [7, 11) is -3.11. The number of rotatable bonds is 13. The van der Waals surface area contributed by atoms with Gasteiger partial charge in [0.1, 0.15) is 18.1 Å². The highest BCUT2D eigenvalue weighted by Crippen LogP contribution is 2.50. The molecule has 0 unspecified atom stereocenters. The Kier molecular flexibility index (Phi) is 12.9. The van der Waals surface area contributed by atoms with Crippen molar-refractivity contribution in [2.45, 2.75) is 123 Å². The number of amides is 2. The lowest BCUT2D eigenvalue weighted by Gasteiger charge is -2.40. The van der Waals surface area contributed by atoms with Crippen LogP contribution >= 0.6 is 0 Å². The molecular weight excluding hydrogens is 647 g/mol. The monoisotopic (exact) mass is 707 g/mol. The van der Waals surface area contributed by atoms with Gasteiger partial charge in [0.15, 0.2) is 5.75 Å². The number of carbonyl (C=O) groups excluding carboxylic acids is 2. The van der Waals surface area contributed by atoms with E-state index < -0.39 is 34.7 Å².